The molecule has 0 aliphatic carbocycles. The van der Waals surface area contributed by atoms with Gasteiger partial charge in [-0.2, -0.15) is 22.0 Å². The fourth-order valence-corrected chi connectivity index (χ4v) is 1.21. The number of hydrogen-bond donors (Lipinski definition) is 0. The molecule has 0 amide bonds. The quantitative estimate of drug-likeness (QED) is 0.605. The summed E-state index contributed by atoms with van der Waals surface area (Å²) < 4.78 is 86.5. The molecule has 0 bridgehead atoms. The second kappa shape index (κ2) is 4.58. The monoisotopic (exact) mass is 274 g/mol. The Hall–Kier alpha value is -1.60. The van der Waals surface area contributed by atoms with Crippen LogP contribution >= 0.6 is 0 Å². The second-order valence-electron chi connectivity index (χ2n) is 3.30. The molecule has 0 aliphatic heterocycles. The minimum atomic E-state index is -5.15. The van der Waals surface area contributed by atoms with Crippen molar-refractivity contribution in [2.45, 2.75) is 18.5 Å². The number of carbonyl (C=O) groups is 1. The van der Waals surface area contributed by atoms with Crippen molar-refractivity contribution < 1.29 is 35.5 Å². The molecule has 8 heteroatoms. The first kappa shape index (κ1) is 14.5. The van der Waals surface area contributed by atoms with E-state index in [1.165, 1.54) is 0 Å². The lowest BCUT2D eigenvalue weighted by molar-refractivity contribution is -0.138. The molecule has 18 heavy (non-hydrogen) atoms. The summed E-state index contributed by atoms with van der Waals surface area (Å²) in [7, 11) is 0. The van der Waals surface area contributed by atoms with Gasteiger partial charge in [0.2, 0.25) is 5.78 Å². The Labute approximate surface area is 96.2 Å². The first-order chi connectivity index (χ1) is 8.08. The zero-order valence-corrected chi connectivity index (χ0v) is 8.44. The van der Waals surface area contributed by atoms with Crippen LogP contribution in [0.25, 0.3) is 0 Å². The highest BCUT2D eigenvalue weighted by Gasteiger charge is 2.51. The maximum Gasteiger partial charge on any atom is 0.417 e. The minimum absolute atomic E-state index is 0.370. The van der Waals surface area contributed by atoms with E-state index in [2.05, 4.69) is 0 Å². The third-order valence-electron chi connectivity index (χ3n) is 2.05. The molecule has 0 spiro atoms. The molecule has 0 saturated heterocycles. The van der Waals surface area contributed by atoms with E-state index >= 15 is 0 Å². The van der Waals surface area contributed by atoms with Gasteiger partial charge in [-0.15, -0.1) is 0 Å². The molecule has 0 unspecified atom stereocenters. The van der Waals surface area contributed by atoms with Crippen molar-refractivity contribution in [2.75, 3.05) is 0 Å². The maximum atomic E-state index is 12.7. The van der Waals surface area contributed by atoms with Gasteiger partial charge in [0.1, 0.15) is 0 Å². The van der Waals surface area contributed by atoms with Gasteiger partial charge in [0.05, 0.1) is 5.56 Å². The van der Waals surface area contributed by atoms with Crippen LogP contribution in [0.15, 0.2) is 24.3 Å². The number of halogens is 7. The van der Waals surface area contributed by atoms with E-state index in [1.807, 2.05) is 0 Å². The van der Waals surface area contributed by atoms with Gasteiger partial charge in [0.25, 0.3) is 0 Å². The van der Waals surface area contributed by atoms with E-state index in [-0.39, 0.29) is 0 Å². The molecule has 0 atom stereocenters. The molecule has 100 valence electrons. The van der Waals surface area contributed by atoms with Gasteiger partial charge in [-0.25, -0.2) is 8.78 Å². The zero-order chi connectivity index (χ0) is 14.1. The lowest BCUT2D eigenvalue weighted by atomic mass is 9.99. The number of alkyl halides is 7. The van der Waals surface area contributed by atoms with E-state index in [9.17, 15) is 35.5 Å². The summed E-state index contributed by atoms with van der Waals surface area (Å²) in [5.41, 5.74) is -3.15. The number of benzene rings is 1. The smallest absolute Gasteiger partial charge is 0.287 e. The predicted molar refractivity (Wildman–Crippen MR) is 46.7 cm³/mol. The highest BCUT2D eigenvalue weighted by Crippen LogP contribution is 2.35. The summed E-state index contributed by atoms with van der Waals surface area (Å²) in [4.78, 5) is 11.0. The number of Topliss-reactive ketones (excluding diaryl/α,β-unsaturated/α-hetero) is 1. The molecule has 1 aromatic rings. The minimum Gasteiger partial charge on any atom is -0.287 e. The van der Waals surface area contributed by atoms with Crippen LogP contribution in [0.4, 0.5) is 30.7 Å². The number of carbonyl (C=O) groups excluding carboxylic acids is 1. The Kier molecular flexibility index (Phi) is 3.68. The third kappa shape index (κ3) is 2.62. The number of rotatable bonds is 3. The van der Waals surface area contributed by atoms with Crippen molar-refractivity contribution in [3.8, 4) is 0 Å². The van der Waals surface area contributed by atoms with Crippen LogP contribution in [0.3, 0.4) is 0 Å². The second-order valence-corrected chi connectivity index (χ2v) is 3.30. The van der Waals surface area contributed by atoms with Crippen molar-refractivity contribution in [2.24, 2.45) is 0 Å². The Bertz CT molecular complexity index is 450. The van der Waals surface area contributed by atoms with Crippen molar-refractivity contribution in [3.05, 3.63) is 35.4 Å². The summed E-state index contributed by atoms with van der Waals surface area (Å²) >= 11 is 0. The SMILES string of the molecule is O=C(c1ccccc1C(F)(F)F)C(F)(F)C(F)F. The van der Waals surface area contributed by atoms with E-state index in [1.54, 1.807) is 0 Å². The van der Waals surface area contributed by atoms with Crippen LogP contribution in [-0.4, -0.2) is 18.1 Å². The van der Waals surface area contributed by atoms with Crippen LogP contribution in [0, 0.1) is 0 Å². The summed E-state index contributed by atoms with van der Waals surface area (Å²) in [6, 6.07) is 2.54. The van der Waals surface area contributed by atoms with Crippen molar-refractivity contribution in [1.82, 2.24) is 0 Å². The van der Waals surface area contributed by atoms with Gasteiger partial charge >= 0.3 is 18.5 Å². The van der Waals surface area contributed by atoms with Crippen molar-refractivity contribution in [3.63, 3.8) is 0 Å². The molecule has 1 nitrogen and oxygen atoms in total. The van der Waals surface area contributed by atoms with E-state index in [0.717, 1.165) is 12.1 Å². The molecule has 1 aromatic carbocycles. The van der Waals surface area contributed by atoms with Gasteiger partial charge in [-0.05, 0) is 6.07 Å². The van der Waals surface area contributed by atoms with Crippen LogP contribution in [0.5, 0.6) is 0 Å². The Morgan fingerprint density at radius 1 is 1.00 bits per heavy atom. The highest BCUT2D eigenvalue weighted by atomic mass is 19.4. The van der Waals surface area contributed by atoms with Crippen molar-refractivity contribution >= 4 is 5.78 Å². The molecular weight excluding hydrogens is 269 g/mol. The molecule has 0 fully saturated rings. The number of hydrogen-bond acceptors (Lipinski definition) is 1. The number of ketones is 1. The topological polar surface area (TPSA) is 17.1 Å². The molecule has 0 saturated carbocycles. The van der Waals surface area contributed by atoms with Crippen LogP contribution in [0.1, 0.15) is 15.9 Å². The summed E-state index contributed by atoms with van der Waals surface area (Å²) in [6.45, 7) is 0. The maximum absolute atomic E-state index is 12.7. The van der Waals surface area contributed by atoms with Crippen molar-refractivity contribution in [1.29, 1.82) is 0 Å². The van der Waals surface area contributed by atoms with Crippen LogP contribution < -0.4 is 0 Å². The first-order valence-corrected chi connectivity index (χ1v) is 4.45. The Morgan fingerprint density at radius 3 is 1.94 bits per heavy atom. The lowest BCUT2D eigenvalue weighted by Gasteiger charge is -2.17. The Balaban J connectivity index is 3.31. The standard InChI is InChI=1S/C10H5F7O/c11-8(12)9(13,14)7(18)5-3-1-2-4-6(5)10(15,16)17/h1-4,8H. The molecule has 0 aromatic heterocycles. The van der Waals surface area contributed by atoms with E-state index < -0.39 is 35.4 Å². The molecule has 0 aliphatic rings. The van der Waals surface area contributed by atoms with Gasteiger partial charge in [0, 0.05) is 5.56 Å². The highest BCUT2D eigenvalue weighted by molar-refractivity contribution is 6.03. The summed E-state index contributed by atoms with van der Waals surface area (Å²) in [6.07, 6.45) is -9.45. The zero-order valence-electron chi connectivity index (χ0n) is 8.44. The van der Waals surface area contributed by atoms with Gasteiger partial charge in [-0.3, -0.25) is 4.79 Å². The van der Waals surface area contributed by atoms with Crippen LogP contribution in [-0.2, 0) is 6.18 Å². The van der Waals surface area contributed by atoms with Gasteiger partial charge in [0.15, 0.2) is 0 Å². The van der Waals surface area contributed by atoms with E-state index in [0.29, 0.717) is 12.1 Å². The fraction of sp³-hybridized carbons (Fsp3) is 0.300. The molecular formula is C10H5F7O. The van der Waals surface area contributed by atoms with Crippen LogP contribution in [0.2, 0.25) is 0 Å². The molecule has 0 N–H and O–H groups in total. The van der Waals surface area contributed by atoms with Gasteiger partial charge < -0.3 is 0 Å². The average molecular weight is 274 g/mol. The summed E-state index contributed by atoms with van der Waals surface area (Å²) in [5.74, 6) is -7.70. The Morgan fingerprint density at radius 2 is 1.50 bits per heavy atom. The molecule has 0 heterocycles. The van der Waals surface area contributed by atoms with E-state index in [4.69, 9.17) is 0 Å². The van der Waals surface area contributed by atoms with Gasteiger partial charge in [-0.1, -0.05) is 18.2 Å². The first-order valence-electron chi connectivity index (χ1n) is 4.45. The molecule has 1 rings (SSSR count). The third-order valence-corrected chi connectivity index (χ3v) is 2.05. The largest absolute Gasteiger partial charge is 0.417 e. The summed E-state index contributed by atoms with van der Waals surface area (Å²) in [5, 5.41) is 0. The normalized spacial score (nSPS) is 12.9. The fourth-order valence-electron chi connectivity index (χ4n) is 1.21. The molecule has 0 radical (unpaired) electrons. The average Bonchev–Trinajstić information content (AvgIpc) is 2.26. The predicted octanol–water partition coefficient (Wildman–Crippen LogP) is 3.79. The lowest BCUT2D eigenvalue weighted by Crippen LogP contribution is -2.37.